The number of amides is 2. The maximum atomic E-state index is 12.4. The highest BCUT2D eigenvalue weighted by atomic mass is 127. The van der Waals surface area contributed by atoms with Crippen molar-refractivity contribution in [1.29, 1.82) is 0 Å². The van der Waals surface area contributed by atoms with Crippen molar-refractivity contribution in [2.24, 2.45) is 11.8 Å². The second-order valence-corrected chi connectivity index (χ2v) is 6.43. The Morgan fingerprint density at radius 2 is 1.80 bits per heavy atom. The van der Waals surface area contributed by atoms with Crippen LogP contribution in [0.3, 0.4) is 0 Å². The first-order chi connectivity index (χ1) is 9.49. The molecule has 2 bridgehead atoms. The van der Waals surface area contributed by atoms with Crippen molar-refractivity contribution in [2.75, 3.05) is 4.90 Å². The van der Waals surface area contributed by atoms with Gasteiger partial charge in [0.15, 0.2) is 0 Å². The molecule has 20 heavy (non-hydrogen) atoms. The fourth-order valence-corrected chi connectivity index (χ4v) is 3.51. The molecule has 0 radical (unpaired) electrons. The lowest BCUT2D eigenvalue weighted by Gasteiger charge is -2.30. The Balaban J connectivity index is 2.10. The number of anilines is 1. The predicted octanol–water partition coefficient (Wildman–Crippen LogP) is 2.28. The Hall–Kier alpha value is -1.44. The van der Waals surface area contributed by atoms with Crippen LogP contribution in [-0.2, 0) is 9.59 Å². The minimum atomic E-state index is -1.13. The summed E-state index contributed by atoms with van der Waals surface area (Å²) in [6.07, 6.45) is 2.05. The van der Waals surface area contributed by atoms with Crippen LogP contribution in [0.15, 0.2) is 18.2 Å². The minimum absolute atomic E-state index is 0.0000926. The Bertz CT molecular complexity index is 606. The lowest BCUT2D eigenvalue weighted by molar-refractivity contribution is -0.132. The van der Waals surface area contributed by atoms with Crippen LogP contribution in [0.1, 0.15) is 29.6 Å². The number of nitrogens with zero attached hydrogens (tertiary/aromatic N) is 1. The number of carboxylic acid groups (broad SMARTS) is 1. The minimum Gasteiger partial charge on any atom is -0.478 e. The SMILES string of the molecule is O=C(O)c1cc(I)ccc1N1C(=O)C2CCC(C2)C1=O. The first kappa shape index (κ1) is 13.5. The van der Waals surface area contributed by atoms with E-state index in [1.54, 1.807) is 12.1 Å². The van der Waals surface area contributed by atoms with E-state index in [2.05, 4.69) is 0 Å². The smallest absolute Gasteiger partial charge is 0.337 e. The van der Waals surface area contributed by atoms with Crippen molar-refractivity contribution < 1.29 is 19.5 Å². The fourth-order valence-electron chi connectivity index (χ4n) is 3.02. The predicted molar refractivity (Wildman–Crippen MR) is 79.4 cm³/mol. The van der Waals surface area contributed by atoms with Gasteiger partial charge in [-0.2, -0.15) is 0 Å². The van der Waals surface area contributed by atoms with Gasteiger partial charge in [-0.25, -0.2) is 9.69 Å². The van der Waals surface area contributed by atoms with Crippen LogP contribution in [0.25, 0.3) is 0 Å². The van der Waals surface area contributed by atoms with Crippen LogP contribution in [-0.4, -0.2) is 22.9 Å². The van der Waals surface area contributed by atoms with Crippen molar-refractivity contribution >= 4 is 46.1 Å². The monoisotopic (exact) mass is 385 g/mol. The average Bonchev–Trinajstić information content (AvgIpc) is 2.85. The molecule has 3 rings (SSSR count). The van der Waals surface area contributed by atoms with E-state index in [0.29, 0.717) is 6.42 Å². The summed E-state index contributed by atoms with van der Waals surface area (Å²) in [5.74, 6) is -1.92. The highest BCUT2D eigenvalue weighted by Crippen LogP contribution is 2.40. The standard InChI is InChI=1S/C14H12INO4/c15-9-3-4-11(10(6-9)14(19)20)16-12(17)7-1-2-8(5-7)13(16)18/h3-4,6-8H,1-2,5H2,(H,19,20). The molecule has 2 amide bonds. The number of fused-ring (bicyclic) bond motifs is 2. The zero-order valence-electron chi connectivity index (χ0n) is 10.5. The Morgan fingerprint density at radius 3 is 2.35 bits per heavy atom. The lowest BCUT2D eigenvalue weighted by atomic mass is 9.95. The first-order valence-electron chi connectivity index (χ1n) is 6.39. The van der Waals surface area contributed by atoms with Gasteiger partial charge in [-0.05, 0) is 60.1 Å². The molecule has 104 valence electrons. The van der Waals surface area contributed by atoms with Gasteiger partial charge < -0.3 is 5.11 Å². The molecular formula is C14H12INO4. The molecule has 1 aliphatic carbocycles. The van der Waals surface area contributed by atoms with Crippen molar-refractivity contribution in [3.05, 3.63) is 27.3 Å². The van der Waals surface area contributed by atoms with E-state index in [4.69, 9.17) is 0 Å². The normalized spacial score (nSPS) is 25.1. The number of rotatable bonds is 2. The Morgan fingerprint density at radius 1 is 1.20 bits per heavy atom. The number of carboxylic acids is 1. The number of hydrogen-bond acceptors (Lipinski definition) is 3. The molecule has 5 nitrogen and oxygen atoms in total. The summed E-state index contributed by atoms with van der Waals surface area (Å²) < 4.78 is 0.753. The van der Waals surface area contributed by atoms with Crippen molar-refractivity contribution in [3.63, 3.8) is 0 Å². The molecule has 1 heterocycles. The zero-order chi connectivity index (χ0) is 14.4. The molecule has 2 aliphatic rings. The topological polar surface area (TPSA) is 74.7 Å². The summed E-state index contributed by atoms with van der Waals surface area (Å²) in [4.78, 5) is 37.2. The van der Waals surface area contributed by atoms with Crippen LogP contribution in [0.5, 0.6) is 0 Å². The van der Waals surface area contributed by atoms with E-state index in [1.165, 1.54) is 6.07 Å². The number of carbonyl (C=O) groups is 3. The maximum Gasteiger partial charge on any atom is 0.337 e. The van der Waals surface area contributed by atoms with Crippen LogP contribution >= 0.6 is 22.6 Å². The summed E-state index contributed by atoms with van der Waals surface area (Å²) in [7, 11) is 0. The first-order valence-corrected chi connectivity index (χ1v) is 7.47. The highest BCUT2D eigenvalue weighted by Gasteiger charge is 2.46. The molecule has 1 aromatic rings. The molecule has 1 saturated heterocycles. The number of aromatic carboxylic acids is 1. The number of benzene rings is 1. The summed E-state index contributed by atoms with van der Waals surface area (Å²) in [6.45, 7) is 0. The third-order valence-corrected chi connectivity index (χ3v) is 4.67. The van der Waals surface area contributed by atoms with Gasteiger partial charge in [0.1, 0.15) is 0 Å². The van der Waals surface area contributed by atoms with Gasteiger partial charge in [0, 0.05) is 15.4 Å². The number of imide groups is 1. The summed E-state index contributed by atoms with van der Waals surface area (Å²) in [5, 5.41) is 9.29. The van der Waals surface area contributed by atoms with E-state index >= 15 is 0 Å². The molecule has 2 unspecified atom stereocenters. The van der Waals surface area contributed by atoms with E-state index < -0.39 is 5.97 Å². The molecule has 1 N–H and O–H groups in total. The maximum absolute atomic E-state index is 12.4. The molecule has 1 aliphatic heterocycles. The van der Waals surface area contributed by atoms with Gasteiger partial charge >= 0.3 is 5.97 Å². The van der Waals surface area contributed by atoms with E-state index in [1.807, 2.05) is 22.6 Å². The van der Waals surface area contributed by atoms with Crippen molar-refractivity contribution in [1.82, 2.24) is 0 Å². The van der Waals surface area contributed by atoms with Crippen LogP contribution in [0, 0.1) is 15.4 Å². The summed E-state index contributed by atoms with van der Waals surface area (Å²) in [6, 6.07) is 4.74. The second-order valence-electron chi connectivity index (χ2n) is 5.19. The summed E-state index contributed by atoms with van der Waals surface area (Å²) in [5.41, 5.74) is 0.199. The van der Waals surface area contributed by atoms with Gasteiger partial charge in [-0.1, -0.05) is 0 Å². The zero-order valence-corrected chi connectivity index (χ0v) is 12.7. The third-order valence-electron chi connectivity index (χ3n) is 4.00. The van der Waals surface area contributed by atoms with E-state index in [-0.39, 0.29) is 34.9 Å². The largest absolute Gasteiger partial charge is 0.478 e. The number of halogens is 1. The molecule has 1 saturated carbocycles. The average molecular weight is 385 g/mol. The lowest BCUT2D eigenvalue weighted by Crippen LogP contribution is -2.47. The molecule has 6 heteroatoms. The van der Waals surface area contributed by atoms with E-state index in [9.17, 15) is 19.5 Å². The Labute approximate surface area is 129 Å². The molecule has 2 fully saturated rings. The number of piperidine rings is 1. The quantitative estimate of drug-likeness (QED) is 0.626. The van der Waals surface area contributed by atoms with Gasteiger partial charge in [-0.3, -0.25) is 9.59 Å². The fraction of sp³-hybridized carbons (Fsp3) is 0.357. The van der Waals surface area contributed by atoms with E-state index in [0.717, 1.165) is 21.3 Å². The summed E-state index contributed by atoms with van der Waals surface area (Å²) >= 11 is 2.01. The van der Waals surface area contributed by atoms with Gasteiger partial charge in [0.25, 0.3) is 0 Å². The molecule has 0 aromatic heterocycles. The van der Waals surface area contributed by atoms with Crippen LogP contribution in [0.4, 0.5) is 5.69 Å². The number of carbonyl (C=O) groups excluding carboxylic acids is 2. The molecule has 2 atom stereocenters. The van der Waals surface area contributed by atoms with Crippen LogP contribution < -0.4 is 4.90 Å². The van der Waals surface area contributed by atoms with Crippen molar-refractivity contribution in [3.8, 4) is 0 Å². The van der Waals surface area contributed by atoms with Crippen molar-refractivity contribution in [2.45, 2.75) is 19.3 Å². The van der Waals surface area contributed by atoms with Gasteiger partial charge in [0.05, 0.1) is 11.3 Å². The third kappa shape index (κ3) is 2.02. The second kappa shape index (κ2) is 4.83. The van der Waals surface area contributed by atoms with Crippen LogP contribution in [0.2, 0.25) is 0 Å². The van der Waals surface area contributed by atoms with Gasteiger partial charge in [0.2, 0.25) is 11.8 Å². The molecular weight excluding hydrogens is 373 g/mol. The highest BCUT2D eigenvalue weighted by molar-refractivity contribution is 14.1. The Kier molecular flexibility index (Phi) is 3.27. The number of hydrogen-bond donors (Lipinski definition) is 1. The van der Waals surface area contributed by atoms with Gasteiger partial charge in [-0.15, -0.1) is 0 Å². The molecule has 0 spiro atoms. The molecule has 1 aromatic carbocycles.